The first-order valence-corrected chi connectivity index (χ1v) is 12.2. The average Bonchev–Trinajstić information content (AvgIpc) is 3.19. The van der Waals surface area contributed by atoms with Gasteiger partial charge >= 0.3 is 5.97 Å². The van der Waals surface area contributed by atoms with Crippen molar-refractivity contribution >= 4 is 34.9 Å². The number of ether oxygens (including phenoxy) is 2. The highest BCUT2D eigenvalue weighted by atomic mass is 35.5. The summed E-state index contributed by atoms with van der Waals surface area (Å²) in [7, 11) is 1.34. The summed E-state index contributed by atoms with van der Waals surface area (Å²) in [5.74, 6) is -0.409. The van der Waals surface area contributed by atoms with Crippen LogP contribution in [-0.2, 0) is 17.9 Å². The second-order valence-electron chi connectivity index (χ2n) is 8.66. The Labute approximate surface area is 229 Å². The van der Waals surface area contributed by atoms with E-state index in [2.05, 4.69) is 10.4 Å². The summed E-state index contributed by atoms with van der Waals surface area (Å²) in [6.07, 6.45) is 0. The standard InChI is InChI=1S/C28H25ClN4O6/c1-17-26(18(2)32(31-17)15-21-6-4-5-7-23(21)28(35)38-3)30-27(34)20-10-8-19(9-11-20)16-39-25-13-12-22(33(36)37)14-24(25)29/h4-14H,15-16H2,1-3H3,(H,30,34). The molecule has 3 aromatic carbocycles. The molecular weight excluding hydrogens is 524 g/mol. The molecule has 1 N–H and O–H groups in total. The fraction of sp³-hybridized carbons (Fsp3) is 0.179. The van der Waals surface area contributed by atoms with E-state index in [1.54, 1.807) is 48.0 Å². The normalized spacial score (nSPS) is 10.7. The minimum atomic E-state index is -0.530. The van der Waals surface area contributed by atoms with Gasteiger partial charge in [-0.25, -0.2) is 4.79 Å². The zero-order valence-electron chi connectivity index (χ0n) is 21.4. The highest BCUT2D eigenvalue weighted by Gasteiger charge is 2.18. The van der Waals surface area contributed by atoms with E-state index in [9.17, 15) is 19.7 Å². The van der Waals surface area contributed by atoms with Crippen LogP contribution in [0.2, 0.25) is 5.02 Å². The third-order valence-electron chi connectivity index (χ3n) is 6.10. The molecule has 1 aromatic heterocycles. The molecule has 4 rings (SSSR count). The lowest BCUT2D eigenvalue weighted by atomic mass is 10.1. The number of benzene rings is 3. The zero-order chi connectivity index (χ0) is 28.1. The molecule has 0 saturated heterocycles. The Kier molecular flexibility index (Phi) is 8.26. The summed E-state index contributed by atoms with van der Waals surface area (Å²) >= 11 is 6.07. The topological polar surface area (TPSA) is 126 Å². The fourth-order valence-corrected chi connectivity index (χ4v) is 4.21. The summed E-state index contributed by atoms with van der Waals surface area (Å²) in [5.41, 5.74) is 4.28. The van der Waals surface area contributed by atoms with Crippen molar-refractivity contribution in [1.82, 2.24) is 9.78 Å². The number of nitrogens with one attached hydrogen (secondary N) is 1. The first-order chi connectivity index (χ1) is 18.7. The third kappa shape index (κ3) is 6.24. The lowest BCUT2D eigenvalue weighted by Gasteiger charge is -2.11. The number of nitrogens with zero attached hydrogens (tertiary/aromatic N) is 3. The van der Waals surface area contributed by atoms with Crippen molar-refractivity contribution < 1.29 is 24.0 Å². The molecular formula is C28H25ClN4O6. The van der Waals surface area contributed by atoms with Gasteiger partial charge in [0.1, 0.15) is 12.4 Å². The largest absolute Gasteiger partial charge is 0.487 e. The van der Waals surface area contributed by atoms with Gasteiger partial charge in [0, 0.05) is 17.7 Å². The minimum absolute atomic E-state index is 0.121. The molecule has 0 unspecified atom stereocenters. The lowest BCUT2D eigenvalue weighted by Crippen LogP contribution is -2.14. The van der Waals surface area contributed by atoms with Crippen molar-refractivity contribution in [3.63, 3.8) is 0 Å². The van der Waals surface area contributed by atoms with Crippen LogP contribution in [0.25, 0.3) is 0 Å². The van der Waals surface area contributed by atoms with Crippen LogP contribution in [0.4, 0.5) is 11.4 Å². The predicted octanol–water partition coefficient (Wildman–Crippen LogP) is 5.73. The highest BCUT2D eigenvalue weighted by molar-refractivity contribution is 6.32. The molecule has 0 saturated carbocycles. The maximum absolute atomic E-state index is 13.0. The van der Waals surface area contributed by atoms with Gasteiger partial charge in [0.15, 0.2) is 0 Å². The molecule has 0 aliphatic heterocycles. The number of hydrogen-bond acceptors (Lipinski definition) is 7. The van der Waals surface area contributed by atoms with Crippen LogP contribution in [0.15, 0.2) is 66.7 Å². The van der Waals surface area contributed by atoms with Gasteiger partial charge in [0.2, 0.25) is 0 Å². The van der Waals surface area contributed by atoms with Gasteiger partial charge in [-0.05, 0) is 49.2 Å². The van der Waals surface area contributed by atoms with Gasteiger partial charge in [0.05, 0.1) is 46.2 Å². The number of aryl methyl sites for hydroxylation is 1. The van der Waals surface area contributed by atoms with Crippen LogP contribution >= 0.6 is 11.6 Å². The number of halogens is 1. The quantitative estimate of drug-likeness (QED) is 0.161. The molecule has 1 heterocycles. The molecule has 0 atom stereocenters. The summed E-state index contributed by atoms with van der Waals surface area (Å²) in [6, 6.07) is 18.0. The Hall–Kier alpha value is -4.70. The third-order valence-corrected chi connectivity index (χ3v) is 6.39. The van der Waals surface area contributed by atoms with E-state index in [0.29, 0.717) is 34.8 Å². The number of carbonyl (C=O) groups excluding carboxylic acids is 2. The molecule has 200 valence electrons. The Balaban J connectivity index is 1.42. The van der Waals surface area contributed by atoms with E-state index in [1.165, 1.54) is 25.3 Å². The molecule has 4 aromatic rings. The molecule has 0 bridgehead atoms. The summed E-state index contributed by atoms with van der Waals surface area (Å²) < 4.78 is 12.3. The van der Waals surface area contributed by atoms with Crippen molar-refractivity contribution in [3.8, 4) is 5.75 Å². The maximum atomic E-state index is 13.0. The van der Waals surface area contributed by atoms with E-state index in [1.807, 2.05) is 19.1 Å². The molecule has 39 heavy (non-hydrogen) atoms. The smallest absolute Gasteiger partial charge is 0.338 e. The Morgan fingerprint density at radius 3 is 2.46 bits per heavy atom. The number of rotatable bonds is 9. The van der Waals surface area contributed by atoms with Gasteiger partial charge in [-0.1, -0.05) is 41.9 Å². The number of nitro groups is 1. The molecule has 0 fully saturated rings. The van der Waals surface area contributed by atoms with Crippen LogP contribution in [-0.4, -0.2) is 33.7 Å². The monoisotopic (exact) mass is 548 g/mol. The number of esters is 1. The number of methoxy groups -OCH3 is 1. The average molecular weight is 549 g/mol. The van der Waals surface area contributed by atoms with Crippen LogP contribution in [0.1, 0.15) is 43.2 Å². The summed E-state index contributed by atoms with van der Waals surface area (Å²) in [5, 5.41) is 18.5. The zero-order valence-corrected chi connectivity index (χ0v) is 22.2. The number of hydrogen-bond donors (Lipinski definition) is 1. The number of nitro benzene ring substituents is 1. The van der Waals surface area contributed by atoms with E-state index < -0.39 is 10.9 Å². The first kappa shape index (κ1) is 27.3. The Morgan fingerprint density at radius 2 is 1.79 bits per heavy atom. The molecule has 11 heteroatoms. The van der Waals surface area contributed by atoms with Crippen LogP contribution in [0.3, 0.4) is 0 Å². The lowest BCUT2D eigenvalue weighted by molar-refractivity contribution is -0.384. The second-order valence-corrected chi connectivity index (χ2v) is 9.07. The number of non-ortho nitro benzene ring substituents is 1. The second kappa shape index (κ2) is 11.8. The molecule has 0 aliphatic carbocycles. The summed E-state index contributed by atoms with van der Waals surface area (Å²) in [4.78, 5) is 35.4. The van der Waals surface area contributed by atoms with Crippen LogP contribution in [0, 0.1) is 24.0 Å². The van der Waals surface area contributed by atoms with Gasteiger partial charge in [0.25, 0.3) is 11.6 Å². The van der Waals surface area contributed by atoms with Gasteiger partial charge < -0.3 is 14.8 Å². The number of carbonyl (C=O) groups is 2. The predicted molar refractivity (Wildman–Crippen MR) is 145 cm³/mol. The summed E-state index contributed by atoms with van der Waals surface area (Å²) in [6.45, 7) is 4.15. The molecule has 10 nitrogen and oxygen atoms in total. The van der Waals surface area contributed by atoms with Crippen molar-refractivity contribution in [2.75, 3.05) is 12.4 Å². The van der Waals surface area contributed by atoms with Gasteiger partial charge in [-0.2, -0.15) is 5.10 Å². The molecule has 1 amide bonds. The van der Waals surface area contributed by atoms with Crippen LogP contribution in [0.5, 0.6) is 5.75 Å². The van der Waals surface area contributed by atoms with Crippen LogP contribution < -0.4 is 10.1 Å². The molecule has 0 radical (unpaired) electrons. The number of anilines is 1. The SMILES string of the molecule is COC(=O)c1ccccc1Cn1nc(C)c(NC(=O)c2ccc(COc3ccc([N+](=O)[O-])cc3Cl)cc2)c1C. The Bertz CT molecular complexity index is 1550. The molecule has 0 spiro atoms. The highest BCUT2D eigenvalue weighted by Crippen LogP contribution is 2.29. The van der Waals surface area contributed by atoms with E-state index in [-0.39, 0.29) is 23.2 Å². The minimum Gasteiger partial charge on any atom is -0.487 e. The van der Waals surface area contributed by atoms with Crippen molar-refractivity contribution in [1.29, 1.82) is 0 Å². The maximum Gasteiger partial charge on any atom is 0.338 e. The fourth-order valence-electron chi connectivity index (χ4n) is 3.98. The number of aromatic nitrogens is 2. The molecule has 0 aliphatic rings. The van der Waals surface area contributed by atoms with Crippen molar-refractivity contribution in [2.24, 2.45) is 0 Å². The Morgan fingerprint density at radius 1 is 1.08 bits per heavy atom. The van der Waals surface area contributed by atoms with Gasteiger partial charge in [-0.15, -0.1) is 0 Å². The van der Waals surface area contributed by atoms with Crippen molar-refractivity contribution in [3.05, 3.63) is 116 Å². The number of amides is 1. The van der Waals surface area contributed by atoms with E-state index in [0.717, 1.165) is 16.8 Å². The van der Waals surface area contributed by atoms with Gasteiger partial charge in [-0.3, -0.25) is 19.6 Å². The van der Waals surface area contributed by atoms with Crippen molar-refractivity contribution in [2.45, 2.75) is 27.0 Å². The first-order valence-electron chi connectivity index (χ1n) is 11.8. The van der Waals surface area contributed by atoms with E-state index >= 15 is 0 Å². The van der Waals surface area contributed by atoms with E-state index in [4.69, 9.17) is 21.1 Å².